The van der Waals surface area contributed by atoms with Crippen LogP contribution >= 0.6 is 0 Å². The maximum absolute atomic E-state index is 13.1. The number of rotatable bonds is 4. The first-order chi connectivity index (χ1) is 14.5. The Morgan fingerprint density at radius 3 is 2.83 bits per heavy atom. The van der Waals surface area contributed by atoms with Crippen LogP contribution in [0.3, 0.4) is 0 Å². The number of carbonyl (C=O) groups is 1. The number of hydrogen-bond acceptors (Lipinski definition) is 5. The fourth-order valence-corrected chi connectivity index (χ4v) is 4.00. The number of anilines is 1. The summed E-state index contributed by atoms with van der Waals surface area (Å²) in [6, 6.07) is 11.7. The quantitative estimate of drug-likeness (QED) is 0.535. The van der Waals surface area contributed by atoms with Gasteiger partial charge in [-0.15, -0.1) is 0 Å². The van der Waals surface area contributed by atoms with Gasteiger partial charge in [-0.3, -0.25) is 9.48 Å². The maximum Gasteiger partial charge on any atom is 0.254 e. The summed E-state index contributed by atoms with van der Waals surface area (Å²) in [6.45, 7) is 4.99. The summed E-state index contributed by atoms with van der Waals surface area (Å²) < 4.78 is 1.84. The number of benzene rings is 2. The number of nitrogen functional groups attached to an aromatic ring is 1. The summed E-state index contributed by atoms with van der Waals surface area (Å²) >= 11 is 0. The van der Waals surface area contributed by atoms with Crippen molar-refractivity contribution in [1.82, 2.24) is 24.6 Å². The van der Waals surface area contributed by atoms with Crippen LogP contribution in [0.2, 0.25) is 0 Å². The number of fused-ring (bicyclic) bond motifs is 2. The second-order valence-corrected chi connectivity index (χ2v) is 7.50. The van der Waals surface area contributed by atoms with E-state index in [4.69, 9.17) is 5.73 Å². The third kappa shape index (κ3) is 2.91. The lowest BCUT2D eigenvalue weighted by molar-refractivity contribution is 0.0799. The number of amides is 1. The first kappa shape index (κ1) is 18.1. The highest BCUT2D eigenvalue weighted by molar-refractivity contribution is 6.02. The highest BCUT2D eigenvalue weighted by atomic mass is 16.2. The van der Waals surface area contributed by atoms with Gasteiger partial charge in [0, 0.05) is 43.0 Å². The molecule has 2 N–H and O–H groups in total. The molecule has 0 unspecified atom stereocenters. The Morgan fingerprint density at radius 1 is 1.20 bits per heavy atom. The lowest BCUT2D eigenvalue weighted by Crippen LogP contribution is -2.25. The summed E-state index contributed by atoms with van der Waals surface area (Å²) in [5.41, 5.74) is 12.9. The fourth-order valence-electron chi connectivity index (χ4n) is 4.00. The molecule has 5 rings (SSSR count). The molecule has 148 valence electrons. The molecule has 7 heteroatoms. The predicted molar refractivity (Wildman–Crippen MR) is 116 cm³/mol. The lowest BCUT2D eigenvalue weighted by atomic mass is 9.95. The zero-order valence-corrected chi connectivity index (χ0v) is 16.5. The molecule has 2 aromatic heterocycles. The maximum atomic E-state index is 13.1. The summed E-state index contributed by atoms with van der Waals surface area (Å²) in [5, 5.41) is 5.39. The van der Waals surface area contributed by atoms with Gasteiger partial charge in [0.05, 0.1) is 17.4 Å². The van der Waals surface area contributed by atoms with Gasteiger partial charge >= 0.3 is 0 Å². The normalized spacial score (nSPS) is 13.1. The molecule has 7 nitrogen and oxygen atoms in total. The van der Waals surface area contributed by atoms with Gasteiger partial charge in [0.1, 0.15) is 6.33 Å². The van der Waals surface area contributed by atoms with Gasteiger partial charge in [-0.05, 0) is 46.5 Å². The smallest absolute Gasteiger partial charge is 0.254 e. The molecule has 1 amide bonds. The van der Waals surface area contributed by atoms with E-state index in [1.54, 1.807) is 23.2 Å². The van der Waals surface area contributed by atoms with Crippen LogP contribution in [0, 0.1) is 0 Å². The molecule has 0 atom stereocenters. The first-order valence-corrected chi connectivity index (χ1v) is 9.59. The van der Waals surface area contributed by atoms with Crippen molar-refractivity contribution in [3.8, 4) is 11.1 Å². The zero-order valence-electron chi connectivity index (χ0n) is 16.5. The molecule has 1 aliphatic heterocycles. The second-order valence-electron chi connectivity index (χ2n) is 7.50. The summed E-state index contributed by atoms with van der Waals surface area (Å²) in [7, 11) is 1.92. The van der Waals surface area contributed by atoms with Crippen molar-refractivity contribution < 1.29 is 4.79 Å². The number of aryl methyl sites for hydroxylation is 1. The third-order valence-electron chi connectivity index (χ3n) is 5.52. The molecular formula is C23H20N6O. The number of carbonyl (C=O) groups excluding carboxylic acids is 1. The van der Waals surface area contributed by atoms with E-state index in [-0.39, 0.29) is 5.91 Å². The average molecular weight is 396 g/mol. The molecule has 0 radical (unpaired) electrons. The van der Waals surface area contributed by atoms with E-state index < -0.39 is 0 Å². The minimum absolute atomic E-state index is 0.0460. The van der Waals surface area contributed by atoms with E-state index in [1.165, 1.54) is 6.33 Å². The minimum Gasteiger partial charge on any atom is -0.399 e. The largest absolute Gasteiger partial charge is 0.399 e. The minimum atomic E-state index is -0.0460. The van der Waals surface area contributed by atoms with Crippen molar-refractivity contribution in [1.29, 1.82) is 0 Å². The van der Waals surface area contributed by atoms with E-state index in [2.05, 4.69) is 27.7 Å². The van der Waals surface area contributed by atoms with E-state index in [0.29, 0.717) is 24.3 Å². The number of aromatic nitrogens is 4. The van der Waals surface area contributed by atoms with E-state index >= 15 is 0 Å². The van der Waals surface area contributed by atoms with Crippen LogP contribution in [0.1, 0.15) is 21.6 Å². The van der Waals surface area contributed by atoms with Gasteiger partial charge in [0.2, 0.25) is 0 Å². The molecule has 0 aliphatic carbocycles. The Morgan fingerprint density at radius 2 is 2.03 bits per heavy atom. The highest BCUT2D eigenvalue weighted by Gasteiger charge is 2.30. The number of hydrogen-bond donors (Lipinski definition) is 1. The van der Waals surface area contributed by atoms with Gasteiger partial charge in [-0.2, -0.15) is 5.10 Å². The van der Waals surface area contributed by atoms with Gasteiger partial charge in [-0.1, -0.05) is 18.7 Å². The van der Waals surface area contributed by atoms with Gasteiger partial charge in [-0.25, -0.2) is 9.97 Å². The molecule has 1 aliphatic rings. The van der Waals surface area contributed by atoms with Crippen molar-refractivity contribution in [2.75, 3.05) is 12.3 Å². The van der Waals surface area contributed by atoms with Crippen LogP contribution < -0.4 is 5.73 Å². The molecule has 30 heavy (non-hydrogen) atoms. The van der Waals surface area contributed by atoms with E-state index in [0.717, 1.165) is 38.9 Å². The van der Waals surface area contributed by atoms with Gasteiger partial charge in [0.15, 0.2) is 0 Å². The standard InChI is InChI=1S/C23H20N6O/c1-14(21-5-6-25-13-26-21)11-29-12-20-18(8-17(24)9-19(20)23(29)30)15-3-4-16-10-27-28(2)22(16)7-15/h3-10,13H,1,11-12,24H2,2H3. The van der Waals surface area contributed by atoms with Crippen LogP contribution in [0.4, 0.5) is 5.69 Å². The van der Waals surface area contributed by atoms with E-state index in [1.807, 2.05) is 36.1 Å². The zero-order chi connectivity index (χ0) is 20.8. The third-order valence-corrected chi connectivity index (χ3v) is 5.52. The fraction of sp³-hybridized carbons (Fsp3) is 0.130. The SMILES string of the molecule is C=C(CN1Cc2c(cc(N)cc2-c2ccc3cnn(C)c3c2)C1=O)c1ccncn1. The monoisotopic (exact) mass is 396 g/mol. The second kappa shape index (κ2) is 6.81. The molecule has 4 aromatic rings. The first-order valence-electron chi connectivity index (χ1n) is 9.59. The molecule has 0 fully saturated rings. The number of nitrogens with zero attached hydrogens (tertiary/aromatic N) is 5. The topological polar surface area (TPSA) is 89.9 Å². The van der Waals surface area contributed by atoms with Crippen molar-refractivity contribution >= 4 is 28.1 Å². The van der Waals surface area contributed by atoms with Crippen LogP contribution in [0.25, 0.3) is 27.6 Å². The molecule has 0 saturated heterocycles. The average Bonchev–Trinajstić information content (AvgIpc) is 3.28. The molecule has 0 saturated carbocycles. The highest BCUT2D eigenvalue weighted by Crippen LogP contribution is 2.36. The van der Waals surface area contributed by atoms with Crippen molar-refractivity contribution in [3.63, 3.8) is 0 Å². The number of nitrogens with two attached hydrogens (primary N) is 1. The lowest BCUT2D eigenvalue weighted by Gasteiger charge is -2.17. The molecule has 3 heterocycles. The summed E-state index contributed by atoms with van der Waals surface area (Å²) in [5.74, 6) is -0.0460. The summed E-state index contributed by atoms with van der Waals surface area (Å²) in [4.78, 5) is 23.0. The molecule has 0 bridgehead atoms. The van der Waals surface area contributed by atoms with Crippen molar-refractivity contribution in [2.45, 2.75) is 6.54 Å². The molecule has 2 aromatic carbocycles. The van der Waals surface area contributed by atoms with Crippen LogP contribution in [-0.4, -0.2) is 37.1 Å². The van der Waals surface area contributed by atoms with E-state index in [9.17, 15) is 4.79 Å². The van der Waals surface area contributed by atoms with Crippen LogP contribution in [0.15, 0.2) is 61.7 Å². The van der Waals surface area contributed by atoms with Gasteiger partial charge < -0.3 is 10.6 Å². The Balaban J connectivity index is 1.52. The van der Waals surface area contributed by atoms with Crippen molar-refractivity contribution in [2.24, 2.45) is 7.05 Å². The van der Waals surface area contributed by atoms with Crippen LogP contribution in [-0.2, 0) is 13.6 Å². The predicted octanol–water partition coefficient (Wildman–Crippen LogP) is 3.28. The molecular weight excluding hydrogens is 376 g/mol. The Bertz CT molecular complexity index is 1310. The Labute approximate surface area is 173 Å². The van der Waals surface area contributed by atoms with Crippen LogP contribution in [0.5, 0.6) is 0 Å². The van der Waals surface area contributed by atoms with Gasteiger partial charge in [0.25, 0.3) is 5.91 Å². The van der Waals surface area contributed by atoms with Crippen molar-refractivity contribution in [3.05, 3.63) is 78.5 Å². The molecule has 0 spiro atoms. The summed E-state index contributed by atoms with van der Waals surface area (Å²) in [6.07, 6.45) is 4.99. The Kier molecular flexibility index (Phi) is 4.10. The Hall–Kier alpha value is -4.00.